The number of esters is 1. The van der Waals surface area contributed by atoms with Crippen molar-refractivity contribution >= 4 is 28.0 Å². The maximum atomic E-state index is 13.0. The Balaban J connectivity index is 1.55. The second kappa shape index (κ2) is 10.7. The first-order valence-electron chi connectivity index (χ1n) is 11.7. The minimum Gasteiger partial charge on any atom is -0.458 e. The summed E-state index contributed by atoms with van der Waals surface area (Å²) in [5.41, 5.74) is 3.22. The van der Waals surface area contributed by atoms with Crippen LogP contribution in [0.15, 0.2) is 71.2 Å². The number of alkyl carbamates (subject to hydrolysis) is 1. The zero-order chi connectivity index (χ0) is 27.7. The molecule has 0 aliphatic heterocycles. The number of ether oxygens (including phenoxy) is 3. The van der Waals surface area contributed by atoms with E-state index in [-0.39, 0.29) is 22.6 Å². The lowest BCUT2D eigenvalue weighted by molar-refractivity contribution is -0.274. The number of carbonyl (C=O) groups is 2. The van der Waals surface area contributed by atoms with Crippen molar-refractivity contribution in [3.8, 4) is 16.9 Å². The third kappa shape index (κ3) is 6.48. The van der Waals surface area contributed by atoms with Crippen molar-refractivity contribution in [3.63, 3.8) is 0 Å². The molecule has 1 aliphatic carbocycles. The maximum Gasteiger partial charge on any atom is 0.573 e. The van der Waals surface area contributed by atoms with Crippen molar-refractivity contribution < 1.29 is 37.0 Å². The smallest absolute Gasteiger partial charge is 0.458 e. The van der Waals surface area contributed by atoms with Crippen LogP contribution in [0.4, 0.5) is 18.0 Å². The number of rotatable bonds is 6. The van der Waals surface area contributed by atoms with E-state index in [2.05, 4.69) is 26.0 Å². The van der Waals surface area contributed by atoms with Gasteiger partial charge in [0.25, 0.3) is 0 Å². The van der Waals surface area contributed by atoms with Gasteiger partial charge in [-0.05, 0) is 76.7 Å². The molecule has 6 nitrogen and oxygen atoms in total. The number of benzene rings is 3. The number of hydrogen-bond donors (Lipinski definition) is 1. The first-order valence-corrected chi connectivity index (χ1v) is 12.5. The van der Waals surface area contributed by atoms with E-state index in [4.69, 9.17) is 9.47 Å². The Morgan fingerprint density at radius 3 is 2.08 bits per heavy atom. The van der Waals surface area contributed by atoms with E-state index in [0.717, 1.165) is 28.3 Å². The summed E-state index contributed by atoms with van der Waals surface area (Å²) >= 11 is 3.00. The Labute approximate surface area is 226 Å². The van der Waals surface area contributed by atoms with Crippen LogP contribution in [0.3, 0.4) is 0 Å². The van der Waals surface area contributed by atoms with E-state index in [1.165, 1.54) is 12.1 Å². The Hall–Kier alpha value is -3.53. The number of carbonyl (C=O) groups excluding carboxylic acids is 2. The molecule has 10 heteroatoms. The molecule has 0 saturated carbocycles. The molecule has 0 spiro atoms. The van der Waals surface area contributed by atoms with Crippen molar-refractivity contribution in [1.29, 1.82) is 0 Å². The number of fused-ring (bicyclic) bond motifs is 3. The summed E-state index contributed by atoms with van der Waals surface area (Å²) in [7, 11) is 0. The highest BCUT2D eigenvalue weighted by molar-refractivity contribution is 9.10. The van der Waals surface area contributed by atoms with Crippen LogP contribution in [0.25, 0.3) is 11.1 Å². The topological polar surface area (TPSA) is 73.9 Å². The standard InChI is InChI=1S/C28H25BrF3NO5/c1-27(2,3)38-25(34)24(16-12-13-22(29)23(14-16)37-28(30,31)32)33-26(35)36-15-21-19-10-6-4-8-17(19)18-9-5-7-11-20(18)21/h4-14,21,24H,15H2,1-3H3,(H,33,35). The molecule has 1 atom stereocenters. The first-order chi connectivity index (χ1) is 17.8. The molecule has 0 aromatic heterocycles. The number of alkyl halides is 3. The molecule has 1 amide bonds. The molecule has 4 rings (SSSR count). The fourth-order valence-electron chi connectivity index (χ4n) is 4.30. The maximum absolute atomic E-state index is 13.0. The second-order valence-corrected chi connectivity index (χ2v) is 10.5. The average molecular weight is 592 g/mol. The lowest BCUT2D eigenvalue weighted by Gasteiger charge is -2.25. The Bertz CT molecular complexity index is 1310. The quantitative estimate of drug-likeness (QED) is 0.305. The minimum absolute atomic E-state index is 0.0102. The Morgan fingerprint density at radius 2 is 1.53 bits per heavy atom. The van der Waals surface area contributed by atoms with Gasteiger partial charge in [0, 0.05) is 5.92 Å². The molecule has 3 aromatic rings. The normalized spacial score (nSPS) is 13.8. The van der Waals surface area contributed by atoms with Gasteiger partial charge in [-0.2, -0.15) is 0 Å². The van der Waals surface area contributed by atoms with Gasteiger partial charge in [0.05, 0.1) is 4.47 Å². The molecule has 0 heterocycles. The predicted octanol–water partition coefficient (Wildman–Crippen LogP) is 7.27. The highest BCUT2D eigenvalue weighted by Crippen LogP contribution is 2.44. The Kier molecular flexibility index (Phi) is 7.73. The van der Waals surface area contributed by atoms with Gasteiger partial charge in [0.2, 0.25) is 0 Å². The molecule has 0 radical (unpaired) electrons. The third-order valence-corrected chi connectivity index (χ3v) is 6.42. The summed E-state index contributed by atoms with van der Waals surface area (Å²) in [6.45, 7) is 4.89. The van der Waals surface area contributed by atoms with Crippen molar-refractivity contribution in [3.05, 3.63) is 87.9 Å². The molecular formula is C28H25BrF3NO5. The van der Waals surface area contributed by atoms with Crippen LogP contribution < -0.4 is 10.1 Å². The summed E-state index contributed by atoms with van der Waals surface area (Å²) in [5, 5.41) is 2.45. The molecule has 1 N–H and O–H groups in total. The van der Waals surface area contributed by atoms with Gasteiger partial charge in [-0.15, -0.1) is 13.2 Å². The highest BCUT2D eigenvalue weighted by Gasteiger charge is 2.35. The Morgan fingerprint density at radius 1 is 0.947 bits per heavy atom. The van der Waals surface area contributed by atoms with Crippen LogP contribution in [-0.4, -0.2) is 30.6 Å². The fourth-order valence-corrected chi connectivity index (χ4v) is 4.63. The molecular weight excluding hydrogens is 567 g/mol. The number of halogens is 4. The summed E-state index contributed by atoms with van der Waals surface area (Å²) in [5.74, 6) is -1.66. The predicted molar refractivity (Wildman–Crippen MR) is 138 cm³/mol. The average Bonchev–Trinajstić information content (AvgIpc) is 3.14. The van der Waals surface area contributed by atoms with Gasteiger partial charge in [-0.25, -0.2) is 9.59 Å². The molecule has 1 aliphatic rings. The van der Waals surface area contributed by atoms with Gasteiger partial charge in [-0.3, -0.25) is 0 Å². The zero-order valence-electron chi connectivity index (χ0n) is 20.8. The van der Waals surface area contributed by atoms with Gasteiger partial charge < -0.3 is 19.5 Å². The molecule has 0 bridgehead atoms. The zero-order valence-corrected chi connectivity index (χ0v) is 22.4. The molecule has 200 valence electrons. The van der Waals surface area contributed by atoms with E-state index < -0.39 is 35.8 Å². The van der Waals surface area contributed by atoms with Crippen molar-refractivity contribution in [2.75, 3.05) is 6.61 Å². The third-order valence-electron chi connectivity index (χ3n) is 5.76. The fraction of sp³-hybridized carbons (Fsp3) is 0.286. The van der Waals surface area contributed by atoms with E-state index in [1.54, 1.807) is 20.8 Å². The molecule has 1 unspecified atom stereocenters. The first kappa shape index (κ1) is 27.5. The summed E-state index contributed by atoms with van der Waals surface area (Å²) < 4.78 is 53.6. The number of nitrogens with one attached hydrogen (secondary N) is 1. The summed E-state index contributed by atoms with van der Waals surface area (Å²) in [6.07, 6.45) is -5.88. The largest absolute Gasteiger partial charge is 0.573 e. The van der Waals surface area contributed by atoms with Gasteiger partial charge >= 0.3 is 18.4 Å². The van der Waals surface area contributed by atoms with Crippen LogP contribution >= 0.6 is 15.9 Å². The van der Waals surface area contributed by atoms with Crippen molar-refractivity contribution in [1.82, 2.24) is 5.32 Å². The van der Waals surface area contributed by atoms with Gasteiger partial charge in [0.15, 0.2) is 6.04 Å². The summed E-state index contributed by atoms with van der Waals surface area (Å²) in [6, 6.07) is 17.8. The highest BCUT2D eigenvalue weighted by atomic mass is 79.9. The van der Waals surface area contributed by atoms with E-state index >= 15 is 0 Å². The molecule has 3 aromatic carbocycles. The van der Waals surface area contributed by atoms with E-state index in [0.29, 0.717) is 0 Å². The lowest BCUT2D eigenvalue weighted by Crippen LogP contribution is -2.38. The van der Waals surface area contributed by atoms with Crippen LogP contribution in [0, 0.1) is 0 Å². The van der Waals surface area contributed by atoms with Crippen molar-refractivity contribution in [2.24, 2.45) is 0 Å². The summed E-state index contributed by atoms with van der Waals surface area (Å²) in [4.78, 5) is 25.9. The van der Waals surface area contributed by atoms with Gasteiger partial charge in [-0.1, -0.05) is 54.6 Å². The van der Waals surface area contributed by atoms with E-state index in [1.807, 2.05) is 48.5 Å². The van der Waals surface area contributed by atoms with Crippen LogP contribution in [-0.2, 0) is 14.3 Å². The second-order valence-electron chi connectivity index (χ2n) is 9.67. The number of hydrogen-bond acceptors (Lipinski definition) is 5. The van der Waals surface area contributed by atoms with Crippen LogP contribution in [0.1, 0.15) is 49.4 Å². The van der Waals surface area contributed by atoms with E-state index in [9.17, 15) is 22.8 Å². The molecule has 0 fully saturated rings. The molecule has 38 heavy (non-hydrogen) atoms. The minimum atomic E-state index is -4.96. The van der Waals surface area contributed by atoms with Gasteiger partial charge in [0.1, 0.15) is 18.0 Å². The lowest BCUT2D eigenvalue weighted by atomic mass is 9.98. The van der Waals surface area contributed by atoms with Crippen molar-refractivity contribution in [2.45, 2.75) is 44.7 Å². The number of amides is 1. The van der Waals surface area contributed by atoms with Crippen LogP contribution in [0.2, 0.25) is 0 Å². The SMILES string of the molecule is CC(C)(C)OC(=O)C(NC(=O)OCC1c2ccccc2-c2ccccc21)c1ccc(Br)c(OC(F)(F)F)c1. The van der Waals surface area contributed by atoms with Crippen LogP contribution in [0.5, 0.6) is 5.75 Å². The monoisotopic (exact) mass is 591 g/mol. The molecule has 0 saturated heterocycles.